The van der Waals surface area contributed by atoms with Crippen molar-refractivity contribution in [2.45, 2.75) is 30.7 Å². The smallest absolute Gasteiger partial charge is 0.243 e. The Balaban J connectivity index is 2.10. The van der Waals surface area contributed by atoms with Crippen molar-refractivity contribution in [3.8, 4) is 5.75 Å². The van der Waals surface area contributed by atoms with E-state index in [2.05, 4.69) is 5.32 Å². The molecule has 1 aromatic carbocycles. The highest BCUT2D eigenvalue weighted by Crippen LogP contribution is 2.22. The van der Waals surface area contributed by atoms with Gasteiger partial charge in [-0.2, -0.15) is 4.31 Å². The fourth-order valence-electron chi connectivity index (χ4n) is 2.41. The Bertz CT molecular complexity index is 520. The molecule has 0 aromatic heterocycles. The van der Waals surface area contributed by atoms with E-state index in [1.54, 1.807) is 28.6 Å². The van der Waals surface area contributed by atoms with Crippen molar-refractivity contribution in [1.82, 2.24) is 9.62 Å². The number of sulfonamides is 1. The molecule has 0 atom stereocenters. The molecule has 1 aliphatic rings. The Kier molecular flexibility index (Phi) is 5.01. The molecule has 0 aliphatic carbocycles. The maximum Gasteiger partial charge on any atom is 0.243 e. The molecule has 0 spiro atoms. The van der Waals surface area contributed by atoms with E-state index >= 15 is 0 Å². The van der Waals surface area contributed by atoms with Gasteiger partial charge in [-0.25, -0.2) is 8.42 Å². The Morgan fingerprint density at radius 2 is 1.85 bits per heavy atom. The molecule has 0 radical (unpaired) electrons. The fourth-order valence-corrected chi connectivity index (χ4v) is 3.88. The van der Waals surface area contributed by atoms with Crippen molar-refractivity contribution in [2.24, 2.45) is 0 Å². The van der Waals surface area contributed by atoms with Crippen LogP contribution in [0, 0.1) is 0 Å². The minimum absolute atomic E-state index is 0.337. The fraction of sp³-hybridized carbons (Fsp3) is 0.571. The first-order valence-corrected chi connectivity index (χ1v) is 8.42. The van der Waals surface area contributed by atoms with E-state index in [0.29, 0.717) is 36.4 Å². The van der Waals surface area contributed by atoms with E-state index in [-0.39, 0.29) is 0 Å². The SMILES string of the molecule is CCOc1ccc(S(=O)(=O)N2CCC(NC)CC2)cc1. The Morgan fingerprint density at radius 3 is 2.35 bits per heavy atom. The summed E-state index contributed by atoms with van der Waals surface area (Å²) in [7, 11) is -1.46. The Hall–Kier alpha value is -1.11. The van der Waals surface area contributed by atoms with Crippen molar-refractivity contribution in [3.63, 3.8) is 0 Å². The molecule has 0 saturated carbocycles. The van der Waals surface area contributed by atoms with Crippen LogP contribution < -0.4 is 10.1 Å². The standard InChI is InChI=1S/C14H22N2O3S/c1-3-19-13-4-6-14(7-5-13)20(17,18)16-10-8-12(15-2)9-11-16/h4-7,12,15H,3,8-11H2,1-2H3. The first-order valence-electron chi connectivity index (χ1n) is 6.98. The number of ether oxygens (including phenoxy) is 1. The van der Waals surface area contributed by atoms with E-state index in [1.165, 1.54) is 0 Å². The summed E-state index contributed by atoms with van der Waals surface area (Å²) in [5.41, 5.74) is 0. The van der Waals surface area contributed by atoms with Crippen molar-refractivity contribution in [2.75, 3.05) is 26.7 Å². The first-order chi connectivity index (χ1) is 9.57. The lowest BCUT2D eigenvalue weighted by molar-refractivity contribution is 0.298. The Labute approximate surface area is 121 Å². The number of hydrogen-bond acceptors (Lipinski definition) is 4. The van der Waals surface area contributed by atoms with Gasteiger partial charge in [0.2, 0.25) is 10.0 Å². The molecule has 112 valence electrons. The summed E-state index contributed by atoms with van der Waals surface area (Å²) in [5.74, 6) is 0.695. The quantitative estimate of drug-likeness (QED) is 0.894. The predicted octanol–water partition coefficient (Wildman–Crippen LogP) is 1.46. The summed E-state index contributed by atoms with van der Waals surface area (Å²) >= 11 is 0. The van der Waals surface area contributed by atoms with Crippen molar-refractivity contribution in [1.29, 1.82) is 0 Å². The van der Waals surface area contributed by atoms with E-state index in [9.17, 15) is 8.42 Å². The Morgan fingerprint density at radius 1 is 1.25 bits per heavy atom. The van der Waals surface area contributed by atoms with Crippen LogP contribution in [0.15, 0.2) is 29.2 Å². The van der Waals surface area contributed by atoms with Gasteiger partial charge < -0.3 is 10.1 Å². The summed E-state index contributed by atoms with van der Waals surface area (Å²) in [6, 6.07) is 7.06. The lowest BCUT2D eigenvalue weighted by atomic mass is 10.1. The van der Waals surface area contributed by atoms with Crippen LogP contribution >= 0.6 is 0 Å². The van der Waals surface area contributed by atoms with Gasteiger partial charge in [-0.15, -0.1) is 0 Å². The minimum Gasteiger partial charge on any atom is -0.494 e. The van der Waals surface area contributed by atoms with Crippen molar-refractivity contribution >= 4 is 10.0 Å². The van der Waals surface area contributed by atoms with Crippen LogP contribution in [0.5, 0.6) is 5.75 Å². The van der Waals surface area contributed by atoms with Crippen LogP contribution in [0.4, 0.5) is 0 Å². The van der Waals surface area contributed by atoms with Gasteiger partial charge in [-0.3, -0.25) is 0 Å². The third kappa shape index (κ3) is 3.31. The number of benzene rings is 1. The number of nitrogens with zero attached hydrogens (tertiary/aromatic N) is 1. The van der Waals surface area contributed by atoms with Crippen molar-refractivity contribution < 1.29 is 13.2 Å². The lowest BCUT2D eigenvalue weighted by Gasteiger charge is -2.31. The second-order valence-corrected chi connectivity index (χ2v) is 6.81. The van der Waals surface area contributed by atoms with Crippen LogP contribution in [0.1, 0.15) is 19.8 Å². The van der Waals surface area contributed by atoms with Gasteiger partial charge in [-0.05, 0) is 51.1 Å². The van der Waals surface area contributed by atoms with Gasteiger partial charge in [0.25, 0.3) is 0 Å². The zero-order chi connectivity index (χ0) is 14.6. The van der Waals surface area contributed by atoms with E-state index < -0.39 is 10.0 Å². The monoisotopic (exact) mass is 298 g/mol. The van der Waals surface area contributed by atoms with Crippen LogP contribution in [-0.2, 0) is 10.0 Å². The second kappa shape index (κ2) is 6.56. The predicted molar refractivity (Wildman–Crippen MR) is 78.5 cm³/mol. The minimum atomic E-state index is -3.38. The maximum absolute atomic E-state index is 12.5. The summed E-state index contributed by atoms with van der Waals surface area (Å²) < 4.78 is 31.9. The molecule has 1 fully saturated rings. The van der Waals surface area contributed by atoms with Gasteiger partial charge in [0.15, 0.2) is 0 Å². The molecule has 1 aromatic rings. The highest BCUT2D eigenvalue weighted by atomic mass is 32.2. The zero-order valence-corrected chi connectivity index (χ0v) is 12.8. The highest BCUT2D eigenvalue weighted by molar-refractivity contribution is 7.89. The molecular formula is C14H22N2O3S. The third-order valence-corrected chi connectivity index (χ3v) is 5.55. The maximum atomic E-state index is 12.5. The molecule has 1 saturated heterocycles. The van der Waals surface area contributed by atoms with Crippen molar-refractivity contribution in [3.05, 3.63) is 24.3 Å². The molecule has 1 N–H and O–H groups in total. The first kappa shape index (κ1) is 15.3. The van der Waals surface area contributed by atoms with E-state index in [0.717, 1.165) is 12.8 Å². The van der Waals surface area contributed by atoms with Crippen LogP contribution in [0.25, 0.3) is 0 Å². The molecule has 0 unspecified atom stereocenters. The molecule has 1 aliphatic heterocycles. The van der Waals surface area contributed by atoms with Gasteiger partial charge in [0.1, 0.15) is 5.75 Å². The lowest BCUT2D eigenvalue weighted by Crippen LogP contribution is -2.43. The summed E-state index contributed by atoms with van der Waals surface area (Å²) in [5, 5.41) is 3.20. The molecule has 20 heavy (non-hydrogen) atoms. The molecule has 0 amide bonds. The largest absolute Gasteiger partial charge is 0.494 e. The van der Waals surface area contributed by atoms with Crippen LogP contribution in [0.2, 0.25) is 0 Å². The molecule has 1 heterocycles. The number of nitrogens with one attached hydrogen (secondary N) is 1. The highest BCUT2D eigenvalue weighted by Gasteiger charge is 2.28. The topological polar surface area (TPSA) is 58.6 Å². The van der Waals surface area contributed by atoms with Crippen LogP contribution in [0.3, 0.4) is 0 Å². The molecule has 5 nitrogen and oxygen atoms in total. The summed E-state index contributed by atoms with van der Waals surface area (Å²) in [4.78, 5) is 0.337. The molecule has 6 heteroatoms. The van der Waals surface area contributed by atoms with Gasteiger partial charge in [0.05, 0.1) is 11.5 Å². The number of hydrogen-bond donors (Lipinski definition) is 1. The third-order valence-electron chi connectivity index (χ3n) is 3.63. The van der Waals surface area contributed by atoms with E-state index in [4.69, 9.17) is 4.74 Å². The second-order valence-electron chi connectivity index (χ2n) is 4.87. The van der Waals surface area contributed by atoms with Gasteiger partial charge in [-0.1, -0.05) is 0 Å². The zero-order valence-electron chi connectivity index (χ0n) is 12.0. The molecule has 0 bridgehead atoms. The van der Waals surface area contributed by atoms with Gasteiger partial charge >= 0.3 is 0 Å². The van der Waals surface area contributed by atoms with Gasteiger partial charge in [0, 0.05) is 19.1 Å². The number of rotatable bonds is 5. The average Bonchev–Trinajstić information content (AvgIpc) is 2.48. The normalized spacial score (nSPS) is 18.1. The van der Waals surface area contributed by atoms with Crippen LogP contribution in [-0.4, -0.2) is 45.5 Å². The average molecular weight is 298 g/mol. The summed E-state index contributed by atoms with van der Waals surface area (Å²) in [6.45, 7) is 3.61. The summed E-state index contributed by atoms with van der Waals surface area (Å²) in [6.07, 6.45) is 1.71. The number of piperidine rings is 1. The van der Waals surface area contributed by atoms with E-state index in [1.807, 2.05) is 14.0 Å². The molecular weight excluding hydrogens is 276 g/mol. The molecule has 2 rings (SSSR count).